The van der Waals surface area contributed by atoms with E-state index in [4.69, 9.17) is 68.2 Å². The summed E-state index contributed by atoms with van der Waals surface area (Å²) in [5, 5.41) is 104. The molecule has 25 nitrogen and oxygen atoms in total. The van der Waals surface area contributed by atoms with Crippen molar-refractivity contribution in [3.63, 3.8) is 0 Å². The molecule has 0 amide bonds. The summed E-state index contributed by atoms with van der Waals surface area (Å²) in [4.78, 5) is 10.5. The van der Waals surface area contributed by atoms with Gasteiger partial charge in [-0.2, -0.15) is 0 Å². The van der Waals surface area contributed by atoms with E-state index in [1.807, 2.05) is 0 Å². The normalized spacial score (nSPS) is 39.9. The Labute approximate surface area is 374 Å². The highest BCUT2D eigenvalue weighted by atomic mass is 16.8. The molecule has 0 spiro atoms. The molecule has 25 heteroatoms. The summed E-state index contributed by atoms with van der Waals surface area (Å²) in [7, 11) is 4.60. The van der Waals surface area contributed by atoms with Crippen LogP contribution in [0.5, 0.6) is 0 Å². The predicted octanol–water partition coefficient (Wildman–Crippen LogP) is -5.60. The van der Waals surface area contributed by atoms with Gasteiger partial charge in [-0.1, -0.05) is 7.43 Å². The summed E-state index contributed by atoms with van der Waals surface area (Å²) in [5.41, 5.74) is 0. The van der Waals surface area contributed by atoms with Crippen molar-refractivity contribution in [2.75, 3.05) is 67.6 Å². The zero-order chi connectivity index (χ0) is 46.0. The van der Waals surface area contributed by atoms with Gasteiger partial charge in [-0.3, -0.25) is 4.79 Å². The molecule has 0 saturated carbocycles. The second-order valence-corrected chi connectivity index (χ2v) is 15.7. The van der Waals surface area contributed by atoms with E-state index >= 15 is 0 Å². The highest BCUT2D eigenvalue weighted by molar-refractivity contribution is 5.65. The number of fused-ring (bicyclic) bond motifs is 1. The SMILES string of the molecule is C.CC(=O)OCC1OCC[C@H](O)[C@@H]1O.COC.CO[C@@H]1OC(C)[C@@H](O[C@@H]2OC3COC(C)(C)O[C@H]3[C@@H](O)C2O)[C@@H](O)C1O.O.O.OCC1CCC(O)CO1.OCC1C[C@@H](O)C(O)CO1. The molecule has 9 unspecified atom stereocenters. The first kappa shape index (κ1) is 64.6. The fraction of sp³-hybridized carbons (Fsp3) is 0.974. The lowest BCUT2D eigenvalue weighted by molar-refractivity contribution is -0.397. The Morgan fingerprint density at radius 1 is 0.703 bits per heavy atom. The van der Waals surface area contributed by atoms with Crippen LogP contribution in [0.25, 0.3) is 0 Å². The van der Waals surface area contributed by atoms with E-state index in [0.717, 1.165) is 12.8 Å². The maximum atomic E-state index is 10.5. The number of ether oxygens (including phenoxy) is 11. The van der Waals surface area contributed by atoms with Gasteiger partial charge in [0.25, 0.3) is 0 Å². The molecule has 64 heavy (non-hydrogen) atoms. The Bertz CT molecular complexity index is 1180. The van der Waals surface area contributed by atoms with Crippen molar-refractivity contribution in [3.8, 4) is 0 Å². The zero-order valence-electron chi connectivity index (χ0n) is 37.0. The molecule has 15 N–H and O–H groups in total. The van der Waals surface area contributed by atoms with Gasteiger partial charge in [0.15, 0.2) is 18.4 Å². The van der Waals surface area contributed by atoms with Crippen LogP contribution in [-0.2, 0) is 56.9 Å². The molecule has 18 atom stereocenters. The molecular weight excluding hydrogens is 868 g/mol. The van der Waals surface area contributed by atoms with Crippen LogP contribution < -0.4 is 0 Å². The van der Waals surface area contributed by atoms with Gasteiger partial charge in [0.1, 0.15) is 67.6 Å². The molecule has 0 aromatic rings. The van der Waals surface area contributed by atoms with Crippen LogP contribution in [0.2, 0.25) is 0 Å². The van der Waals surface area contributed by atoms with E-state index < -0.39 is 104 Å². The van der Waals surface area contributed by atoms with Crippen LogP contribution in [0.3, 0.4) is 0 Å². The second kappa shape index (κ2) is 32.3. The molecule has 6 aliphatic rings. The van der Waals surface area contributed by atoms with E-state index in [9.17, 15) is 35.4 Å². The number of aliphatic hydroxyl groups is 11. The van der Waals surface area contributed by atoms with E-state index in [1.165, 1.54) is 14.0 Å². The lowest BCUT2D eigenvalue weighted by Crippen LogP contribution is -2.66. The number of carbonyl (C=O) groups excluding carboxylic acids is 1. The molecule has 386 valence electrons. The van der Waals surface area contributed by atoms with Crippen LogP contribution in [0.15, 0.2) is 0 Å². The van der Waals surface area contributed by atoms with Crippen LogP contribution >= 0.6 is 0 Å². The molecule has 0 radical (unpaired) electrons. The summed E-state index contributed by atoms with van der Waals surface area (Å²) < 4.78 is 57.0. The quantitative estimate of drug-likeness (QED) is 0.106. The Morgan fingerprint density at radius 2 is 1.30 bits per heavy atom. The van der Waals surface area contributed by atoms with Gasteiger partial charge in [0, 0.05) is 41.3 Å². The minimum atomic E-state index is -1.41. The van der Waals surface area contributed by atoms with Crippen molar-refractivity contribution in [2.45, 2.75) is 177 Å². The van der Waals surface area contributed by atoms with Crippen molar-refractivity contribution < 1.29 is 124 Å². The largest absolute Gasteiger partial charge is 0.463 e. The Balaban J connectivity index is 0. The number of hydrogen-bond acceptors (Lipinski definition) is 23. The molecule has 6 heterocycles. The van der Waals surface area contributed by atoms with Gasteiger partial charge >= 0.3 is 5.97 Å². The van der Waals surface area contributed by atoms with Gasteiger partial charge in [0.2, 0.25) is 0 Å². The highest BCUT2D eigenvalue weighted by Gasteiger charge is 2.53. The summed E-state index contributed by atoms with van der Waals surface area (Å²) in [5.74, 6) is -1.32. The van der Waals surface area contributed by atoms with Gasteiger partial charge in [-0.15, -0.1) is 0 Å². The Hall–Kier alpha value is -1.45. The van der Waals surface area contributed by atoms with Crippen LogP contribution in [0.1, 0.15) is 60.8 Å². The van der Waals surface area contributed by atoms with Crippen molar-refractivity contribution in [1.82, 2.24) is 0 Å². The fourth-order valence-corrected chi connectivity index (χ4v) is 6.59. The highest BCUT2D eigenvalue weighted by Crippen LogP contribution is 2.34. The summed E-state index contributed by atoms with van der Waals surface area (Å²) >= 11 is 0. The van der Waals surface area contributed by atoms with Crippen molar-refractivity contribution in [2.24, 2.45) is 0 Å². The van der Waals surface area contributed by atoms with Crippen molar-refractivity contribution in [3.05, 3.63) is 0 Å². The Kier molecular flexibility index (Phi) is 32.6. The third kappa shape index (κ3) is 20.8. The first-order valence-corrected chi connectivity index (χ1v) is 20.3. The first-order chi connectivity index (χ1) is 28.7. The van der Waals surface area contributed by atoms with Gasteiger partial charge < -0.3 is 119 Å². The van der Waals surface area contributed by atoms with Crippen LogP contribution in [-0.4, -0.2) is 257 Å². The fourth-order valence-electron chi connectivity index (χ4n) is 6.59. The number of aliphatic hydroxyl groups excluding tert-OH is 11. The van der Waals surface area contributed by atoms with E-state index in [2.05, 4.69) is 9.47 Å². The summed E-state index contributed by atoms with van der Waals surface area (Å²) in [6.07, 6.45) is -12.9. The first-order valence-electron chi connectivity index (χ1n) is 20.3. The zero-order valence-corrected chi connectivity index (χ0v) is 37.0. The van der Waals surface area contributed by atoms with E-state index in [0.29, 0.717) is 26.1 Å². The molecule has 6 rings (SSSR count). The maximum Gasteiger partial charge on any atom is 0.302 e. The molecule has 0 aromatic heterocycles. The van der Waals surface area contributed by atoms with E-state index in [1.54, 1.807) is 35.0 Å². The average Bonchev–Trinajstić information content (AvgIpc) is 3.22. The van der Waals surface area contributed by atoms with Crippen molar-refractivity contribution in [1.29, 1.82) is 0 Å². The summed E-state index contributed by atoms with van der Waals surface area (Å²) in [6.45, 7) is 7.33. The third-order valence-electron chi connectivity index (χ3n) is 10.1. The Morgan fingerprint density at radius 3 is 1.83 bits per heavy atom. The standard InChI is InChI=1S/C16H28O10.C8H14O5.C6H12O4.C6H12O3.C2H6O.CH4.2H2O/c1-6-12(8(17)10(19)14(21-4)23-6)25-15-11(20)9(18)13-7(24-15)5-22-16(2,3)26-13;1-5(9)13-4-7-8(11)6(10)2-3-12-7;7-2-4-1-5(8)6(9)3-10-4;7-3-6-2-1-5(8)4-9-6;1-3-2;;;/h6-15,17-20H,5H2,1-4H3;6-8,10-11H,2-4H2,1H3;4-9H,1-3H2;5-8H,1-4H2;1-2H3;1H4;2*1H2/t6?,7?,8-,9-,10?,11?,12+,13+,14+,15-;6-,7?,8-;4?,5-,6?;;;;;/m001...../s1. The number of carbonyl (C=O) groups is 1. The van der Waals surface area contributed by atoms with Crippen molar-refractivity contribution >= 4 is 5.97 Å². The number of hydrogen-bond donors (Lipinski definition) is 11. The summed E-state index contributed by atoms with van der Waals surface area (Å²) in [6, 6.07) is 0. The number of methoxy groups -OCH3 is 2. The van der Waals surface area contributed by atoms with Crippen LogP contribution in [0, 0.1) is 0 Å². The molecule has 0 aliphatic carbocycles. The minimum Gasteiger partial charge on any atom is -0.463 e. The molecular formula is C39H80O25. The molecule has 6 fully saturated rings. The number of esters is 1. The average molecular weight is 949 g/mol. The second-order valence-electron chi connectivity index (χ2n) is 15.7. The van der Waals surface area contributed by atoms with Gasteiger partial charge in [0.05, 0.1) is 69.7 Å². The smallest absolute Gasteiger partial charge is 0.302 e. The molecule has 6 aliphatic heterocycles. The van der Waals surface area contributed by atoms with E-state index in [-0.39, 0.29) is 69.7 Å². The van der Waals surface area contributed by atoms with Gasteiger partial charge in [-0.25, -0.2) is 0 Å². The topological polar surface area (TPSA) is 404 Å². The molecule has 6 saturated heterocycles. The monoisotopic (exact) mass is 948 g/mol. The minimum absolute atomic E-state index is 0. The molecule has 0 aromatic carbocycles. The third-order valence-corrected chi connectivity index (χ3v) is 10.1. The van der Waals surface area contributed by atoms with Crippen LogP contribution in [0.4, 0.5) is 0 Å². The molecule has 0 bridgehead atoms. The predicted molar refractivity (Wildman–Crippen MR) is 219 cm³/mol. The lowest BCUT2D eigenvalue weighted by atomic mass is 9.96. The maximum absolute atomic E-state index is 10.5. The lowest BCUT2D eigenvalue weighted by Gasteiger charge is -2.50. The van der Waals surface area contributed by atoms with Gasteiger partial charge in [-0.05, 0) is 40.0 Å². The number of rotatable bonds is 7.